The summed E-state index contributed by atoms with van der Waals surface area (Å²) in [5.74, 6) is 0.680. The van der Waals surface area contributed by atoms with Crippen molar-refractivity contribution in [2.24, 2.45) is 0 Å². The van der Waals surface area contributed by atoms with Crippen LogP contribution in [0.1, 0.15) is 16.8 Å². The molecule has 3 heterocycles. The lowest BCUT2D eigenvalue weighted by Crippen LogP contribution is -2.24. The largest absolute Gasteiger partial charge is 0.484 e. The molecule has 0 fully saturated rings. The molecule has 0 aliphatic carbocycles. The van der Waals surface area contributed by atoms with Crippen LogP contribution in [0.15, 0.2) is 83.0 Å². The highest BCUT2D eigenvalue weighted by Gasteiger charge is 2.18. The molecule has 5 aromatic rings. The number of ether oxygens (including phenoxy) is 1. The van der Waals surface area contributed by atoms with Gasteiger partial charge in [0.05, 0.1) is 10.6 Å². The van der Waals surface area contributed by atoms with Crippen molar-refractivity contribution < 1.29 is 9.53 Å². The van der Waals surface area contributed by atoms with Gasteiger partial charge in [0.2, 0.25) is 5.95 Å². The molecule has 37 heavy (non-hydrogen) atoms. The second-order valence-electron chi connectivity index (χ2n) is 8.21. The van der Waals surface area contributed by atoms with Crippen LogP contribution in [0.4, 0.5) is 5.82 Å². The lowest BCUT2D eigenvalue weighted by Gasteiger charge is -2.11. The molecule has 0 saturated carbocycles. The summed E-state index contributed by atoms with van der Waals surface area (Å²) in [5.41, 5.74) is 2.54. The van der Waals surface area contributed by atoms with Gasteiger partial charge < -0.3 is 10.1 Å². The Bertz CT molecular complexity index is 1580. The van der Waals surface area contributed by atoms with Crippen molar-refractivity contribution in [2.75, 3.05) is 11.9 Å². The van der Waals surface area contributed by atoms with Gasteiger partial charge in [0, 0.05) is 23.1 Å². The third-order valence-electron chi connectivity index (χ3n) is 5.57. The Balaban J connectivity index is 1.43. The molecule has 0 atom stereocenters. The van der Waals surface area contributed by atoms with Gasteiger partial charge in [0.15, 0.2) is 6.61 Å². The predicted molar refractivity (Wildman–Crippen MR) is 145 cm³/mol. The number of aromatic amines is 1. The summed E-state index contributed by atoms with van der Waals surface area (Å²) in [6, 6.07) is 22.0. The highest BCUT2D eigenvalue weighted by molar-refractivity contribution is 7.13. The van der Waals surface area contributed by atoms with Gasteiger partial charge in [-0.15, -0.1) is 11.3 Å². The summed E-state index contributed by atoms with van der Waals surface area (Å²) < 4.78 is 6.98. The minimum atomic E-state index is -0.395. The molecular weight excluding hydrogens is 510 g/mol. The van der Waals surface area contributed by atoms with Crippen molar-refractivity contribution in [3.63, 3.8) is 0 Å². The Hall–Kier alpha value is -4.21. The molecule has 1 amide bonds. The van der Waals surface area contributed by atoms with E-state index in [1.807, 2.05) is 47.8 Å². The number of aryl methyl sites for hydroxylation is 1. The van der Waals surface area contributed by atoms with Gasteiger partial charge >= 0.3 is 0 Å². The second kappa shape index (κ2) is 10.8. The molecule has 3 aromatic heterocycles. The minimum absolute atomic E-state index is 0.205. The maximum atomic E-state index is 13.0. The fraction of sp³-hybridized carbons (Fsp3) is 0.111. The van der Waals surface area contributed by atoms with E-state index in [4.69, 9.17) is 16.3 Å². The van der Waals surface area contributed by atoms with E-state index in [1.54, 1.807) is 37.3 Å². The number of rotatable bonds is 8. The first-order valence-electron chi connectivity index (χ1n) is 11.4. The van der Waals surface area contributed by atoms with Crippen molar-refractivity contribution in [2.45, 2.75) is 13.3 Å². The normalized spacial score (nSPS) is 10.9. The van der Waals surface area contributed by atoms with Crippen molar-refractivity contribution in [3.8, 4) is 22.3 Å². The molecule has 0 bridgehead atoms. The molecule has 2 N–H and O–H groups in total. The van der Waals surface area contributed by atoms with E-state index in [1.165, 1.54) is 16.0 Å². The molecule has 0 aliphatic heterocycles. The first-order chi connectivity index (χ1) is 18.0. The zero-order chi connectivity index (χ0) is 25.8. The summed E-state index contributed by atoms with van der Waals surface area (Å²) >= 11 is 7.41. The third-order valence-corrected chi connectivity index (χ3v) is 6.71. The number of amides is 1. The molecule has 0 spiro atoms. The summed E-state index contributed by atoms with van der Waals surface area (Å²) in [6.07, 6.45) is 0.459. The van der Waals surface area contributed by atoms with Crippen LogP contribution in [0.2, 0.25) is 5.02 Å². The first-order valence-corrected chi connectivity index (χ1v) is 12.7. The molecular formula is C27H22ClN5O3S. The van der Waals surface area contributed by atoms with E-state index in [0.29, 0.717) is 40.0 Å². The number of nitrogens with one attached hydrogen (secondary N) is 2. The van der Waals surface area contributed by atoms with Gasteiger partial charge in [-0.1, -0.05) is 48.0 Å². The van der Waals surface area contributed by atoms with Gasteiger partial charge in [0.25, 0.3) is 11.5 Å². The summed E-state index contributed by atoms with van der Waals surface area (Å²) in [6.45, 7) is 1.57. The van der Waals surface area contributed by atoms with Crippen LogP contribution < -0.4 is 15.6 Å². The highest BCUT2D eigenvalue weighted by Crippen LogP contribution is 2.27. The van der Waals surface area contributed by atoms with Gasteiger partial charge in [-0.25, -0.2) is 4.98 Å². The molecule has 8 nitrogen and oxygen atoms in total. The quantitative estimate of drug-likeness (QED) is 0.284. The number of carbonyl (C=O) groups excluding carboxylic acids is 1. The van der Waals surface area contributed by atoms with E-state index < -0.39 is 5.91 Å². The Labute approximate surface area is 221 Å². The smallest absolute Gasteiger partial charge is 0.263 e. The van der Waals surface area contributed by atoms with Crippen LogP contribution in [-0.4, -0.2) is 32.3 Å². The average molecular weight is 532 g/mol. The molecule has 2 aromatic carbocycles. The number of carbonyl (C=O) groups is 1. The topological polar surface area (TPSA) is 102 Å². The maximum absolute atomic E-state index is 13.0. The number of nitrogens with zero attached hydrogens (tertiary/aromatic N) is 3. The molecule has 0 unspecified atom stereocenters. The minimum Gasteiger partial charge on any atom is -0.484 e. The zero-order valence-corrected chi connectivity index (χ0v) is 21.3. The Morgan fingerprint density at radius 1 is 1.11 bits per heavy atom. The number of hydrogen-bond donors (Lipinski definition) is 2. The van der Waals surface area contributed by atoms with E-state index in [0.717, 1.165) is 10.4 Å². The summed E-state index contributed by atoms with van der Waals surface area (Å²) in [5, 5.41) is 9.96. The lowest BCUT2D eigenvalue weighted by atomic mass is 10.1. The van der Waals surface area contributed by atoms with Gasteiger partial charge in [-0.2, -0.15) is 9.78 Å². The van der Waals surface area contributed by atoms with E-state index in [2.05, 4.69) is 20.4 Å². The lowest BCUT2D eigenvalue weighted by molar-refractivity contribution is -0.118. The number of halogens is 1. The fourth-order valence-electron chi connectivity index (χ4n) is 3.74. The number of anilines is 1. The van der Waals surface area contributed by atoms with E-state index >= 15 is 0 Å². The zero-order valence-electron chi connectivity index (χ0n) is 19.8. The molecule has 0 saturated heterocycles. The molecule has 0 aliphatic rings. The monoisotopic (exact) mass is 531 g/mol. The maximum Gasteiger partial charge on any atom is 0.263 e. The van der Waals surface area contributed by atoms with Crippen molar-refractivity contribution in [3.05, 3.63) is 110 Å². The summed E-state index contributed by atoms with van der Waals surface area (Å²) in [7, 11) is 0. The van der Waals surface area contributed by atoms with Gasteiger partial charge in [-0.05, 0) is 48.2 Å². The van der Waals surface area contributed by atoms with Crippen LogP contribution in [0, 0.1) is 6.92 Å². The van der Waals surface area contributed by atoms with Crippen molar-refractivity contribution in [1.82, 2.24) is 19.7 Å². The number of thiophene rings is 1. The number of hydrogen-bond acceptors (Lipinski definition) is 6. The van der Waals surface area contributed by atoms with Gasteiger partial charge in [0.1, 0.15) is 17.3 Å². The van der Waals surface area contributed by atoms with Crippen LogP contribution in [0.25, 0.3) is 16.5 Å². The Kier molecular flexibility index (Phi) is 7.16. The second-order valence-corrected chi connectivity index (χ2v) is 9.59. The molecule has 5 rings (SSSR count). The van der Waals surface area contributed by atoms with Crippen molar-refractivity contribution >= 4 is 34.7 Å². The first kappa shape index (κ1) is 24.5. The van der Waals surface area contributed by atoms with Crippen molar-refractivity contribution in [1.29, 1.82) is 0 Å². The molecule has 10 heteroatoms. The molecule has 0 radical (unpaired) electrons. The number of aromatic nitrogens is 4. The number of benzene rings is 2. The fourth-order valence-corrected chi connectivity index (χ4v) is 4.55. The third kappa shape index (κ3) is 5.79. The van der Waals surface area contributed by atoms with E-state index in [-0.39, 0.29) is 18.1 Å². The van der Waals surface area contributed by atoms with E-state index in [9.17, 15) is 9.59 Å². The van der Waals surface area contributed by atoms with Crippen LogP contribution in [-0.2, 0) is 11.2 Å². The number of H-pyrrole nitrogens is 1. The standard InChI is InChI=1S/C27H22ClN5O3S/c1-17-21(14-18-6-3-2-4-7-18)26(35)31-27(29-17)33-24(15-22(32-33)23-8-5-13-37-23)30-25(34)16-36-20-11-9-19(28)10-12-20/h2-13,15H,14,16H2,1H3,(H,30,34)(H,29,31,35). The Morgan fingerprint density at radius 3 is 2.59 bits per heavy atom. The average Bonchev–Trinajstić information content (AvgIpc) is 3.57. The summed E-state index contributed by atoms with van der Waals surface area (Å²) in [4.78, 5) is 34.1. The predicted octanol–water partition coefficient (Wildman–Crippen LogP) is 5.25. The van der Waals surface area contributed by atoms with Crippen LogP contribution in [0.5, 0.6) is 5.75 Å². The van der Waals surface area contributed by atoms with Crippen LogP contribution in [0.3, 0.4) is 0 Å². The van der Waals surface area contributed by atoms with Crippen LogP contribution >= 0.6 is 22.9 Å². The Morgan fingerprint density at radius 2 is 1.89 bits per heavy atom. The highest BCUT2D eigenvalue weighted by atomic mass is 35.5. The SMILES string of the molecule is Cc1nc(-n2nc(-c3cccs3)cc2NC(=O)COc2ccc(Cl)cc2)[nH]c(=O)c1Cc1ccccc1. The molecule has 186 valence electrons. The van der Waals surface area contributed by atoms with Gasteiger partial charge in [-0.3, -0.25) is 14.6 Å².